The van der Waals surface area contributed by atoms with Crippen molar-refractivity contribution in [2.45, 2.75) is 18.9 Å². The highest BCUT2D eigenvalue weighted by atomic mass is 79.9. The van der Waals surface area contributed by atoms with Crippen LogP contribution in [0.2, 0.25) is 0 Å². The molecule has 1 unspecified atom stereocenters. The Morgan fingerprint density at radius 1 is 1.61 bits per heavy atom. The minimum Gasteiger partial charge on any atom is -0.497 e. The average Bonchev–Trinajstić information content (AvgIpc) is 2.89. The first-order valence-corrected chi connectivity index (χ1v) is 6.85. The zero-order valence-electron chi connectivity index (χ0n) is 10.3. The van der Waals surface area contributed by atoms with Crippen LogP contribution in [0.4, 0.5) is 0 Å². The quantitative estimate of drug-likeness (QED) is 0.893. The minimum absolute atomic E-state index is 0.0746. The molecular weight excluding hydrogens is 296 g/mol. The van der Waals surface area contributed by atoms with E-state index in [0.29, 0.717) is 23.9 Å². The molecule has 0 saturated carbocycles. The van der Waals surface area contributed by atoms with Crippen LogP contribution in [0, 0.1) is 0 Å². The molecule has 0 radical (unpaired) electrons. The number of hydrogen-bond acceptors (Lipinski definition) is 3. The fraction of sp³-hybridized carbons (Fsp3) is 0.462. The van der Waals surface area contributed by atoms with Gasteiger partial charge in [-0.15, -0.1) is 0 Å². The van der Waals surface area contributed by atoms with E-state index in [1.165, 1.54) is 6.42 Å². The van der Waals surface area contributed by atoms with Crippen molar-refractivity contribution in [2.24, 2.45) is 0 Å². The number of halogens is 1. The van der Waals surface area contributed by atoms with Crippen molar-refractivity contribution in [3.05, 3.63) is 28.2 Å². The van der Waals surface area contributed by atoms with Crippen LogP contribution in [0.15, 0.2) is 22.7 Å². The van der Waals surface area contributed by atoms with Crippen molar-refractivity contribution in [3.63, 3.8) is 0 Å². The van der Waals surface area contributed by atoms with Gasteiger partial charge in [0.2, 0.25) is 0 Å². The smallest absolute Gasteiger partial charge is 0.252 e. The van der Waals surface area contributed by atoms with Gasteiger partial charge in [0.1, 0.15) is 5.75 Å². The third-order valence-corrected chi connectivity index (χ3v) is 3.78. The Balaban J connectivity index is 1.98. The zero-order chi connectivity index (χ0) is 13.0. The fourth-order valence-electron chi connectivity index (χ4n) is 2.05. The molecule has 1 saturated heterocycles. The van der Waals surface area contributed by atoms with Gasteiger partial charge in [-0.1, -0.05) is 0 Å². The van der Waals surface area contributed by atoms with Crippen LogP contribution in [0.5, 0.6) is 5.75 Å². The number of ether oxygens (including phenoxy) is 1. The monoisotopic (exact) mass is 312 g/mol. The minimum atomic E-state index is -0.0746. The van der Waals surface area contributed by atoms with Crippen molar-refractivity contribution in [2.75, 3.05) is 20.2 Å². The first-order valence-electron chi connectivity index (χ1n) is 6.06. The van der Waals surface area contributed by atoms with Gasteiger partial charge in [-0.05, 0) is 53.5 Å². The van der Waals surface area contributed by atoms with E-state index in [9.17, 15) is 4.79 Å². The molecular formula is C13H17BrN2O2. The lowest BCUT2D eigenvalue weighted by atomic mass is 10.2. The molecule has 4 nitrogen and oxygen atoms in total. The summed E-state index contributed by atoms with van der Waals surface area (Å²) in [7, 11) is 1.59. The Morgan fingerprint density at radius 2 is 2.44 bits per heavy atom. The van der Waals surface area contributed by atoms with Crippen LogP contribution in [0.25, 0.3) is 0 Å². The molecule has 18 heavy (non-hydrogen) atoms. The largest absolute Gasteiger partial charge is 0.497 e. The van der Waals surface area contributed by atoms with Crippen LogP contribution < -0.4 is 15.4 Å². The van der Waals surface area contributed by atoms with Gasteiger partial charge in [0.15, 0.2) is 0 Å². The molecule has 1 heterocycles. The molecule has 0 bridgehead atoms. The van der Waals surface area contributed by atoms with Crippen LogP contribution in [0.1, 0.15) is 23.2 Å². The number of methoxy groups -OCH3 is 1. The summed E-state index contributed by atoms with van der Waals surface area (Å²) in [5.74, 6) is 0.608. The first-order chi connectivity index (χ1) is 8.70. The van der Waals surface area contributed by atoms with Crippen molar-refractivity contribution >= 4 is 21.8 Å². The van der Waals surface area contributed by atoms with Gasteiger partial charge in [0.25, 0.3) is 5.91 Å². The van der Waals surface area contributed by atoms with Gasteiger partial charge in [-0.25, -0.2) is 0 Å². The molecule has 1 aliphatic rings. The Bertz CT molecular complexity index is 431. The summed E-state index contributed by atoms with van der Waals surface area (Å²) in [6.07, 6.45) is 2.31. The molecule has 0 spiro atoms. The van der Waals surface area contributed by atoms with Crippen molar-refractivity contribution in [1.82, 2.24) is 10.6 Å². The Labute approximate surface area is 115 Å². The normalized spacial score (nSPS) is 18.7. The fourth-order valence-corrected chi connectivity index (χ4v) is 2.47. The molecule has 0 aliphatic carbocycles. The maximum Gasteiger partial charge on any atom is 0.252 e. The molecule has 0 aromatic heterocycles. The van der Waals surface area contributed by atoms with Crippen molar-refractivity contribution in [3.8, 4) is 5.75 Å². The number of amides is 1. The number of benzene rings is 1. The second-order valence-electron chi connectivity index (χ2n) is 4.35. The maximum absolute atomic E-state index is 12.1. The molecule has 1 aliphatic heterocycles. The summed E-state index contributed by atoms with van der Waals surface area (Å²) >= 11 is 3.38. The zero-order valence-corrected chi connectivity index (χ0v) is 11.9. The van der Waals surface area contributed by atoms with Gasteiger partial charge in [0.05, 0.1) is 12.7 Å². The SMILES string of the molecule is COc1ccc(Br)c(C(=O)NCC2CCCN2)c1. The lowest BCUT2D eigenvalue weighted by Crippen LogP contribution is -2.37. The second kappa shape index (κ2) is 6.20. The average molecular weight is 313 g/mol. The van der Waals surface area contributed by atoms with E-state index in [4.69, 9.17) is 4.74 Å². The van der Waals surface area contributed by atoms with Crippen LogP contribution in [0.3, 0.4) is 0 Å². The number of nitrogens with one attached hydrogen (secondary N) is 2. The summed E-state index contributed by atoms with van der Waals surface area (Å²) < 4.78 is 5.90. The van der Waals surface area contributed by atoms with E-state index in [2.05, 4.69) is 26.6 Å². The summed E-state index contributed by atoms with van der Waals surface area (Å²) in [5.41, 5.74) is 0.604. The highest BCUT2D eigenvalue weighted by Gasteiger charge is 2.16. The molecule has 1 amide bonds. The molecule has 1 aromatic rings. The van der Waals surface area contributed by atoms with E-state index in [0.717, 1.165) is 17.4 Å². The lowest BCUT2D eigenvalue weighted by molar-refractivity contribution is 0.0949. The number of rotatable bonds is 4. The van der Waals surface area contributed by atoms with Crippen LogP contribution >= 0.6 is 15.9 Å². The predicted octanol–water partition coefficient (Wildman–Crippen LogP) is 1.94. The third kappa shape index (κ3) is 3.23. The Morgan fingerprint density at radius 3 is 3.11 bits per heavy atom. The number of hydrogen-bond donors (Lipinski definition) is 2. The molecule has 1 atom stereocenters. The van der Waals surface area contributed by atoms with Gasteiger partial charge in [-0.3, -0.25) is 4.79 Å². The highest BCUT2D eigenvalue weighted by Crippen LogP contribution is 2.22. The molecule has 98 valence electrons. The number of carbonyl (C=O) groups is 1. The van der Waals surface area contributed by atoms with Crippen LogP contribution in [-0.2, 0) is 0 Å². The van der Waals surface area contributed by atoms with E-state index in [1.807, 2.05) is 12.1 Å². The number of carbonyl (C=O) groups excluding carboxylic acids is 1. The van der Waals surface area contributed by atoms with E-state index in [1.54, 1.807) is 13.2 Å². The summed E-state index contributed by atoms with van der Waals surface area (Å²) in [4.78, 5) is 12.1. The summed E-state index contributed by atoms with van der Waals surface area (Å²) in [5, 5.41) is 6.30. The van der Waals surface area contributed by atoms with E-state index >= 15 is 0 Å². The molecule has 1 fully saturated rings. The first kappa shape index (κ1) is 13.4. The Hall–Kier alpha value is -1.07. The van der Waals surface area contributed by atoms with Gasteiger partial charge in [0, 0.05) is 17.1 Å². The van der Waals surface area contributed by atoms with E-state index in [-0.39, 0.29) is 5.91 Å². The maximum atomic E-state index is 12.1. The molecule has 5 heteroatoms. The lowest BCUT2D eigenvalue weighted by Gasteiger charge is -2.12. The molecule has 2 rings (SSSR count). The van der Waals surface area contributed by atoms with Gasteiger partial charge < -0.3 is 15.4 Å². The van der Waals surface area contributed by atoms with E-state index < -0.39 is 0 Å². The highest BCUT2D eigenvalue weighted by molar-refractivity contribution is 9.10. The summed E-state index contributed by atoms with van der Waals surface area (Å²) in [6, 6.07) is 5.78. The predicted molar refractivity (Wildman–Crippen MR) is 74.1 cm³/mol. The molecule has 1 aromatic carbocycles. The van der Waals surface area contributed by atoms with Gasteiger partial charge in [-0.2, -0.15) is 0 Å². The third-order valence-electron chi connectivity index (χ3n) is 3.09. The summed E-state index contributed by atoms with van der Waals surface area (Å²) in [6.45, 7) is 1.71. The topological polar surface area (TPSA) is 50.4 Å². The van der Waals surface area contributed by atoms with Gasteiger partial charge >= 0.3 is 0 Å². The van der Waals surface area contributed by atoms with Crippen molar-refractivity contribution < 1.29 is 9.53 Å². The van der Waals surface area contributed by atoms with Crippen molar-refractivity contribution in [1.29, 1.82) is 0 Å². The molecule has 2 N–H and O–H groups in total. The second-order valence-corrected chi connectivity index (χ2v) is 5.20. The Kier molecular flexibility index (Phi) is 4.60. The van der Waals surface area contributed by atoms with Crippen LogP contribution in [-0.4, -0.2) is 32.1 Å². The standard InChI is InChI=1S/C13H17BrN2O2/c1-18-10-4-5-12(14)11(7-10)13(17)16-8-9-3-2-6-15-9/h4-5,7,9,15H,2-3,6,8H2,1H3,(H,16,17).